The molecule has 17 rings (SSSR count). The number of hydrogen-bond donors (Lipinski definition) is 2. The first-order valence-corrected chi connectivity index (χ1v) is 35.0. The minimum atomic E-state index is -1.43. The van der Waals surface area contributed by atoms with E-state index in [9.17, 15) is 0 Å². The van der Waals surface area contributed by atoms with Crippen molar-refractivity contribution < 1.29 is 73.0 Å². The number of aryl methyl sites for hydroxylation is 8. The molecule has 0 radical (unpaired) electrons. The Bertz CT molecular complexity index is 5750. The fraction of sp³-hybridized carbons (Fsp3) is 0.0909. The van der Waals surface area contributed by atoms with E-state index in [0.29, 0.717) is 0 Å². The smallest absolute Gasteiger partial charge is 0.209 e. The number of nitrogens with one attached hydrogen (secondary N) is 2. The first kappa shape index (κ1) is 70.8. The summed E-state index contributed by atoms with van der Waals surface area (Å²) in [5.41, 5.74) is -0.403. The van der Waals surface area contributed by atoms with Gasteiger partial charge in [0.2, 0.25) is 46.0 Å². The number of fused-ring (bicyclic) bond motifs is 20. The van der Waals surface area contributed by atoms with E-state index in [1.807, 2.05) is 0 Å². The van der Waals surface area contributed by atoms with Crippen molar-refractivity contribution in [2.75, 3.05) is 0 Å². The van der Waals surface area contributed by atoms with Crippen LogP contribution < -0.4 is 37.9 Å². The van der Waals surface area contributed by atoms with Crippen molar-refractivity contribution in [3.63, 3.8) is 0 Å². The van der Waals surface area contributed by atoms with Gasteiger partial charge in [-0.15, -0.1) is 0 Å². The minimum Gasteiger partial charge on any atom is -0.450 e. The molecule has 3 aromatic heterocycles. The Morgan fingerprint density at radius 3 is 0.464 bits per heavy atom. The molecule has 2 aliphatic rings. The number of ether oxygens (including phenoxy) is 8. The Morgan fingerprint density at radius 1 is 0.188 bits per heavy atom. The highest BCUT2D eigenvalue weighted by Crippen LogP contribution is 2.55. The number of aromatic nitrogens is 8. The van der Waals surface area contributed by atoms with Gasteiger partial charge in [0, 0.05) is 0 Å². The summed E-state index contributed by atoms with van der Waals surface area (Å²) in [6, 6.07) is 50.2. The van der Waals surface area contributed by atoms with E-state index in [1.165, 1.54) is 97.1 Å². The topological polar surface area (TPSA) is 183 Å². The molecule has 0 aliphatic carbocycles. The summed E-state index contributed by atoms with van der Waals surface area (Å²) < 4.78 is 202. The third-order valence-corrected chi connectivity index (χ3v) is 18.7. The van der Waals surface area contributed by atoms with E-state index in [1.54, 1.807) is 152 Å². The first-order valence-electron chi connectivity index (χ1n) is 35.0. The van der Waals surface area contributed by atoms with Crippen molar-refractivity contribution in [2.24, 2.45) is 0 Å². The molecule has 2 N–H and O–H groups in total. The maximum absolute atomic E-state index is 19.0. The molecule has 0 spiro atoms. The van der Waals surface area contributed by atoms with Gasteiger partial charge in [0.25, 0.3) is 0 Å². The second-order valence-corrected chi connectivity index (χ2v) is 27.1. The lowest BCUT2D eigenvalue weighted by Crippen LogP contribution is -2.02. The molecule has 112 heavy (non-hydrogen) atoms. The zero-order valence-corrected chi connectivity index (χ0v) is 60.4. The van der Waals surface area contributed by atoms with Gasteiger partial charge in [-0.3, -0.25) is 0 Å². The van der Waals surface area contributed by atoms with E-state index >= 15 is 35.1 Å². The van der Waals surface area contributed by atoms with Crippen molar-refractivity contribution in [3.8, 4) is 138 Å². The molecule has 2 aliphatic heterocycles. The molecule has 0 saturated carbocycles. The zero-order valence-electron chi connectivity index (χ0n) is 60.4. The van der Waals surface area contributed by atoms with E-state index in [4.69, 9.17) is 57.8 Å². The maximum atomic E-state index is 19.0. The number of aromatic amines is 2. The number of nitrogens with zero attached hydrogens (tertiary/aromatic N) is 6. The number of rotatable bonds is 16. The molecule has 0 atom stereocenters. The van der Waals surface area contributed by atoms with Gasteiger partial charge in [-0.2, -0.15) is 0 Å². The van der Waals surface area contributed by atoms with Gasteiger partial charge in [0.1, 0.15) is 68.6 Å². The van der Waals surface area contributed by atoms with E-state index in [2.05, 4.69) is 19.9 Å². The first-order chi connectivity index (χ1) is 54.0. The predicted octanol–water partition coefficient (Wildman–Crippen LogP) is 24.8. The van der Waals surface area contributed by atoms with Crippen LogP contribution in [0.15, 0.2) is 194 Å². The summed E-state index contributed by atoms with van der Waals surface area (Å²) >= 11 is 0. The van der Waals surface area contributed by atoms with Crippen LogP contribution in [0.3, 0.4) is 0 Å². The molecule has 0 unspecified atom stereocenters. The Morgan fingerprint density at radius 2 is 0.321 bits per heavy atom. The minimum absolute atomic E-state index is 0.0191. The fourth-order valence-corrected chi connectivity index (χ4v) is 12.8. The molecule has 8 bridgehead atoms. The number of H-pyrrole nitrogens is 2. The molecule has 0 saturated heterocycles. The molecule has 24 heteroatoms. The summed E-state index contributed by atoms with van der Waals surface area (Å²) in [4.78, 5) is 34.0. The van der Waals surface area contributed by atoms with Crippen LogP contribution in [0, 0.1) is 102 Å². The Labute approximate surface area is 632 Å². The van der Waals surface area contributed by atoms with E-state index in [0.717, 1.165) is 44.5 Å². The van der Waals surface area contributed by atoms with Crippen LogP contribution in [0.25, 0.3) is 89.7 Å². The van der Waals surface area contributed by atoms with Crippen molar-refractivity contribution >= 4 is 44.1 Å². The fourth-order valence-electron chi connectivity index (χ4n) is 12.8. The number of halogens is 8. The van der Waals surface area contributed by atoms with Crippen LogP contribution in [0.5, 0.6) is 92.0 Å². The SMILES string of the molecule is Cc1ccc(Oc2c(F)c3c(c(F)c2Oc2ccc(C)cc2)-c2nc-3nc3[nH]c(nc4nc(nc5[nH]c(n2)c2c(F)c(Oc6ccc(C)cc6)c(Oc6ccc(C)cc6)c(F)c52)-c2c(F)c(Oc5ccc(C)cc5)c(Oc5ccc(C)cc5)c(F)c2-4)c2c(F)c(Oc4ccc(C)cc4)c(Oc4ccc(C)cc4)c(F)c32)cc1. The highest BCUT2D eigenvalue weighted by Gasteiger charge is 2.40. The molecular formula is C88H58F8N8O8. The second kappa shape index (κ2) is 28.1. The van der Waals surface area contributed by atoms with Gasteiger partial charge in [-0.1, -0.05) is 142 Å². The standard InChI is InChI=1S/C88H58F8N8O8/c1-41-9-25-49(26-10-41)105-73-65(89)57-58(66(90)74(73)106-50-27-11-42(2)12-28-50)82-97-81(57)101-83-59-60(68(92)76(108-52-31-15-44(4)16-32-52)75(67(59)91)107-51-29-13-43(3)14-30-51)85(98-83)103-87-63-64(72(96)80(112-56-39-23-48(8)24-40-56)79(71(63)95)111-55-37-21-47(7)22-38-55)88(100-87)104-86-62-61(84(99-86)102-82)69(93)77(109-53-33-17-45(5)18-34-53)78(70(62)94)110-54-35-19-46(6)20-36-54/h9-40H,1-8H3,(H2,97,98,99,100,101,102,103,104). The lowest BCUT2D eigenvalue weighted by molar-refractivity contribution is 0.376. The van der Waals surface area contributed by atoms with Crippen LogP contribution in [-0.2, 0) is 0 Å². The van der Waals surface area contributed by atoms with Crippen molar-refractivity contribution in [1.82, 2.24) is 39.9 Å². The normalized spacial score (nSPS) is 11.6. The van der Waals surface area contributed by atoms with Gasteiger partial charge in [-0.25, -0.2) is 65.0 Å². The molecular weight excluding hydrogens is 1450 g/mol. The quantitative estimate of drug-likeness (QED) is 0.0871. The van der Waals surface area contributed by atoms with E-state index < -0.39 is 182 Å². The molecule has 12 aromatic carbocycles. The molecule has 0 amide bonds. The molecule has 16 nitrogen and oxygen atoms in total. The third kappa shape index (κ3) is 13.0. The number of benzene rings is 12. The zero-order chi connectivity index (χ0) is 77.7. The highest BCUT2D eigenvalue weighted by molar-refractivity contribution is 6.09. The van der Waals surface area contributed by atoms with Gasteiger partial charge in [0.15, 0.2) is 69.8 Å². The summed E-state index contributed by atoms with van der Waals surface area (Å²) in [6.45, 7) is 14.3. The molecule has 5 heterocycles. The average Bonchev–Trinajstić information content (AvgIpc) is 1.56. The lowest BCUT2D eigenvalue weighted by Gasteiger charge is -2.17. The summed E-state index contributed by atoms with van der Waals surface area (Å²) in [6.07, 6.45) is 0. The highest BCUT2D eigenvalue weighted by atomic mass is 19.2. The Hall–Kier alpha value is -14.2. The maximum Gasteiger partial charge on any atom is 0.209 e. The van der Waals surface area contributed by atoms with Crippen LogP contribution in [-0.4, -0.2) is 39.9 Å². The molecule has 0 fully saturated rings. The second-order valence-electron chi connectivity index (χ2n) is 27.1. The average molecular weight is 1510 g/mol. The van der Waals surface area contributed by atoms with Gasteiger partial charge in [0.05, 0.1) is 43.8 Å². The van der Waals surface area contributed by atoms with Crippen LogP contribution in [0.4, 0.5) is 35.1 Å². The Balaban J connectivity index is 1.06. The lowest BCUT2D eigenvalue weighted by atomic mass is 10.0. The Kier molecular flexibility index (Phi) is 17.8. The van der Waals surface area contributed by atoms with Crippen LogP contribution in [0.2, 0.25) is 0 Å². The monoisotopic (exact) mass is 1510 g/mol. The predicted molar refractivity (Wildman–Crippen MR) is 406 cm³/mol. The van der Waals surface area contributed by atoms with Gasteiger partial charge in [-0.05, 0) is 152 Å². The molecule has 15 aromatic rings. The van der Waals surface area contributed by atoms with E-state index in [-0.39, 0.29) is 46.0 Å². The van der Waals surface area contributed by atoms with Crippen molar-refractivity contribution in [1.29, 1.82) is 0 Å². The summed E-state index contributed by atoms with van der Waals surface area (Å²) in [7, 11) is 0. The van der Waals surface area contributed by atoms with Gasteiger partial charge >= 0.3 is 0 Å². The summed E-state index contributed by atoms with van der Waals surface area (Å²) in [5.74, 6) is -22.1. The largest absolute Gasteiger partial charge is 0.450 e. The number of hydrogen-bond acceptors (Lipinski definition) is 14. The molecule has 554 valence electrons. The van der Waals surface area contributed by atoms with Crippen LogP contribution in [0.1, 0.15) is 44.5 Å². The third-order valence-electron chi connectivity index (χ3n) is 18.7. The van der Waals surface area contributed by atoms with Crippen LogP contribution >= 0.6 is 0 Å². The van der Waals surface area contributed by atoms with Crippen molar-refractivity contribution in [3.05, 3.63) is 285 Å². The summed E-state index contributed by atoms with van der Waals surface area (Å²) in [5, 5.41) is -3.35. The van der Waals surface area contributed by atoms with Gasteiger partial charge < -0.3 is 47.9 Å². The van der Waals surface area contributed by atoms with Crippen molar-refractivity contribution in [2.45, 2.75) is 55.4 Å².